The summed E-state index contributed by atoms with van der Waals surface area (Å²) in [6.45, 7) is 4.92. The fourth-order valence-corrected chi connectivity index (χ4v) is 5.54. The molecule has 3 aliphatic rings. The first-order chi connectivity index (χ1) is 16.5. The van der Waals surface area contributed by atoms with Crippen LogP contribution in [-0.2, 0) is 42.1 Å². The molecule has 1 heterocycles. The number of nitrogens with one attached hydrogen (secondary N) is 1. The number of amides is 1. The van der Waals surface area contributed by atoms with Crippen molar-refractivity contribution < 1.29 is 42.1 Å². The Bertz CT molecular complexity index is 985. The van der Waals surface area contributed by atoms with E-state index in [4.69, 9.17) is 45.3 Å². The molecule has 196 valence electrons. The normalized spacial score (nSPS) is 26.2. The Morgan fingerprint density at radius 3 is 2.60 bits per heavy atom. The molecule has 0 saturated heterocycles. The van der Waals surface area contributed by atoms with Crippen LogP contribution < -0.4 is 11.1 Å². The highest BCUT2D eigenvalue weighted by Gasteiger charge is 2.47. The topological polar surface area (TPSA) is 145 Å². The van der Waals surface area contributed by atoms with Gasteiger partial charge in [0.25, 0.3) is 5.85 Å². The zero-order valence-electron chi connectivity index (χ0n) is 20.4. The Labute approximate surface area is 209 Å². The maximum Gasteiger partial charge on any atom is 0.370 e. The van der Waals surface area contributed by atoms with Crippen LogP contribution in [-0.4, -0.2) is 57.0 Å². The lowest BCUT2D eigenvalue weighted by atomic mass is 9.90. The molecule has 3 N–H and O–H groups in total. The summed E-state index contributed by atoms with van der Waals surface area (Å²) in [5, 5.41) is 3.23. The van der Waals surface area contributed by atoms with Crippen molar-refractivity contribution in [2.75, 3.05) is 27.4 Å². The van der Waals surface area contributed by atoms with Crippen molar-refractivity contribution in [3.63, 3.8) is 0 Å². The van der Waals surface area contributed by atoms with Crippen molar-refractivity contribution in [1.29, 1.82) is 0 Å². The number of rotatable bonds is 10. The summed E-state index contributed by atoms with van der Waals surface area (Å²) in [5.74, 6) is -4.42. The smallest absolute Gasteiger partial charge is 0.370 e. The van der Waals surface area contributed by atoms with Crippen LogP contribution >= 0.6 is 19.2 Å². The van der Waals surface area contributed by atoms with Crippen molar-refractivity contribution in [3.8, 4) is 0 Å². The zero-order valence-corrected chi connectivity index (χ0v) is 22.0. The third kappa shape index (κ3) is 5.93. The standard InChI is InChI=1S/C22H32ClN2O9P/c1-6-31-20(27)21(35(28,29-4)30-5)32-11-12-10-15(18-17(12)33-22(2,3)34-18)25-19(26)16-13(23)8-7-9-14(16)24/h8,10,12,14,16,21H,6-7,9,11,24H2,1-5H3,(H,25,26)/t12-,14?,16?,21?/m1/s1. The second-order valence-electron chi connectivity index (χ2n) is 8.62. The molecule has 13 heteroatoms. The Morgan fingerprint density at radius 2 is 2.00 bits per heavy atom. The highest BCUT2D eigenvalue weighted by atomic mass is 35.5. The minimum atomic E-state index is -3.97. The number of carbonyl (C=O) groups excluding carboxylic acids is 2. The number of nitrogens with two attached hydrogens (primary N) is 1. The lowest BCUT2D eigenvalue weighted by Crippen LogP contribution is -2.43. The highest BCUT2D eigenvalue weighted by Crippen LogP contribution is 2.53. The first-order valence-electron chi connectivity index (χ1n) is 11.2. The SMILES string of the molecule is CCOC(=O)C(OC[C@H]1C=C(NC(=O)C2C(Cl)=CCCC2N)C2=C1OC(C)(C)O2)P(=O)(OC)OC. The number of hydrogen-bond acceptors (Lipinski definition) is 10. The molecule has 35 heavy (non-hydrogen) atoms. The monoisotopic (exact) mass is 534 g/mol. The zero-order chi connectivity index (χ0) is 26.0. The summed E-state index contributed by atoms with van der Waals surface area (Å²) in [6.07, 6.45) is 4.80. The summed E-state index contributed by atoms with van der Waals surface area (Å²) in [7, 11) is -1.67. The second kappa shape index (κ2) is 11.0. The van der Waals surface area contributed by atoms with E-state index >= 15 is 0 Å². The highest BCUT2D eigenvalue weighted by molar-refractivity contribution is 7.55. The fraction of sp³-hybridized carbons (Fsp3) is 0.636. The molecule has 0 radical (unpaired) electrons. The van der Waals surface area contributed by atoms with Gasteiger partial charge < -0.3 is 39.0 Å². The lowest BCUT2D eigenvalue weighted by Gasteiger charge is -2.27. The maximum absolute atomic E-state index is 13.0. The van der Waals surface area contributed by atoms with Gasteiger partial charge in [0, 0.05) is 39.1 Å². The number of halogens is 1. The summed E-state index contributed by atoms with van der Waals surface area (Å²) < 4.78 is 45.3. The van der Waals surface area contributed by atoms with Crippen LogP contribution in [0.2, 0.25) is 0 Å². The number of carbonyl (C=O) groups is 2. The molecule has 2 aliphatic carbocycles. The molecule has 0 spiro atoms. The van der Waals surface area contributed by atoms with Gasteiger partial charge in [0.1, 0.15) is 0 Å². The summed E-state index contributed by atoms with van der Waals surface area (Å²) in [4.78, 5) is 25.5. The molecule has 4 atom stereocenters. The third-order valence-corrected chi connectivity index (χ3v) is 8.04. The van der Waals surface area contributed by atoms with E-state index in [2.05, 4.69) is 5.32 Å². The van der Waals surface area contributed by atoms with Crippen molar-refractivity contribution in [2.24, 2.45) is 17.6 Å². The predicted molar refractivity (Wildman–Crippen MR) is 126 cm³/mol. The van der Waals surface area contributed by atoms with Crippen LogP contribution in [0.25, 0.3) is 0 Å². The molecule has 1 amide bonds. The Kier molecular flexibility index (Phi) is 8.73. The molecule has 0 bridgehead atoms. The quantitative estimate of drug-likeness (QED) is 0.317. The van der Waals surface area contributed by atoms with Gasteiger partial charge in [-0.2, -0.15) is 0 Å². The van der Waals surface area contributed by atoms with Crippen LogP contribution in [0.4, 0.5) is 0 Å². The number of ether oxygens (including phenoxy) is 4. The van der Waals surface area contributed by atoms with Crippen molar-refractivity contribution >= 4 is 31.1 Å². The van der Waals surface area contributed by atoms with E-state index in [1.807, 2.05) is 0 Å². The van der Waals surface area contributed by atoms with Crippen LogP contribution in [0.3, 0.4) is 0 Å². The largest absolute Gasteiger partial charge is 0.464 e. The molecule has 11 nitrogen and oxygen atoms in total. The van der Waals surface area contributed by atoms with E-state index in [1.165, 1.54) is 0 Å². The van der Waals surface area contributed by atoms with Gasteiger partial charge in [-0.15, -0.1) is 0 Å². The average molecular weight is 535 g/mol. The third-order valence-electron chi connectivity index (χ3n) is 5.70. The van der Waals surface area contributed by atoms with Gasteiger partial charge >= 0.3 is 13.6 Å². The van der Waals surface area contributed by atoms with E-state index < -0.39 is 43.1 Å². The predicted octanol–water partition coefficient (Wildman–Crippen LogP) is 2.86. The van der Waals surface area contributed by atoms with E-state index in [9.17, 15) is 14.2 Å². The van der Waals surface area contributed by atoms with E-state index in [1.54, 1.807) is 32.9 Å². The maximum atomic E-state index is 13.0. The van der Waals surface area contributed by atoms with Crippen LogP contribution in [0, 0.1) is 11.8 Å². The lowest BCUT2D eigenvalue weighted by molar-refractivity contribution is -0.153. The van der Waals surface area contributed by atoms with Crippen LogP contribution in [0.15, 0.2) is 34.4 Å². The van der Waals surface area contributed by atoms with E-state index in [-0.39, 0.29) is 19.1 Å². The minimum absolute atomic E-state index is 0.0480. The molecular weight excluding hydrogens is 503 g/mol. The van der Waals surface area contributed by atoms with Gasteiger partial charge in [-0.3, -0.25) is 9.36 Å². The molecule has 0 saturated carbocycles. The van der Waals surface area contributed by atoms with Crippen molar-refractivity contribution in [1.82, 2.24) is 5.32 Å². The van der Waals surface area contributed by atoms with Gasteiger partial charge in [-0.05, 0) is 25.8 Å². The van der Waals surface area contributed by atoms with Crippen molar-refractivity contribution in [3.05, 3.63) is 34.4 Å². The Morgan fingerprint density at radius 1 is 1.31 bits per heavy atom. The summed E-state index contributed by atoms with van der Waals surface area (Å²) in [6, 6.07) is -0.415. The first kappa shape index (κ1) is 27.7. The van der Waals surface area contributed by atoms with E-state index in [0.717, 1.165) is 14.2 Å². The summed E-state index contributed by atoms with van der Waals surface area (Å²) in [5.41, 5.74) is 6.50. The number of esters is 1. The molecule has 3 rings (SSSR count). The van der Waals surface area contributed by atoms with Gasteiger partial charge in [0.2, 0.25) is 11.7 Å². The molecule has 0 aromatic carbocycles. The fourth-order valence-electron chi connectivity index (χ4n) is 4.04. The van der Waals surface area contributed by atoms with Gasteiger partial charge in [-0.25, -0.2) is 4.79 Å². The van der Waals surface area contributed by atoms with Crippen LogP contribution in [0.5, 0.6) is 0 Å². The molecular formula is C22H32ClN2O9P. The average Bonchev–Trinajstić information content (AvgIpc) is 3.27. The van der Waals surface area contributed by atoms with Gasteiger partial charge in [0.15, 0.2) is 11.5 Å². The van der Waals surface area contributed by atoms with Gasteiger partial charge in [0.05, 0.1) is 30.7 Å². The second-order valence-corrected chi connectivity index (χ2v) is 11.3. The molecule has 0 aromatic heterocycles. The van der Waals surface area contributed by atoms with E-state index in [0.29, 0.717) is 35.1 Å². The van der Waals surface area contributed by atoms with Crippen LogP contribution in [0.1, 0.15) is 33.6 Å². The van der Waals surface area contributed by atoms with Gasteiger partial charge in [-0.1, -0.05) is 17.7 Å². The molecule has 3 unspecified atom stereocenters. The number of allylic oxidation sites excluding steroid dienone is 1. The Balaban J connectivity index is 1.82. The molecule has 1 aliphatic heterocycles. The van der Waals surface area contributed by atoms with Crippen molar-refractivity contribution in [2.45, 2.75) is 51.3 Å². The first-order valence-corrected chi connectivity index (χ1v) is 13.2. The minimum Gasteiger partial charge on any atom is -0.464 e. The number of hydrogen-bond donors (Lipinski definition) is 2. The molecule has 0 fully saturated rings. The molecule has 0 aromatic rings. The summed E-state index contributed by atoms with van der Waals surface area (Å²) >= 11 is 6.27. The Hall–Kier alpha value is -1.88.